The van der Waals surface area contributed by atoms with E-state index in [1.807, 2.05) is 30.3 Å². The highest BCUT2D eigenvalue weighted by atomic mass is 16.6. The molecule has 0 aliphatic rings. The van der Waals surface area contributed by atoms with Crippen LogP contribution in [0, 0.1) is 0 Å². The Hall–Kier alpha value is -4.13. The maximum absolute atomic E-state index is 12.3. The Morgan fingerprint density at radius 3 is 2.41 bits per heavy atom. The van der Waals surface area contributed by atoms with Crippen molar-refractivity contribution in [2.24, 2.45) is 5.10 Å². The Kier molecular flexibility index (Phi) is 8.80. The van der Waals surface area contributed by atoms with Crippen LogP contribution in [-0.2, 0) is 4.79 Å². The first kappa shape index (κ1) is 24.5. The number of nitrogens with one attached hydrogen (secondary N) is 1. The first-order valence-corrected chi connectivity index (χ1v) is 11.0. The van der Waals surface area contributed by atoms with E-state index in [1.54, 1.807) is 42.5 Å². The van der Waals surface area contributed by atoms with Gasteiger partial charge in [0.25, 0.3) is 5.91 Å². The van der Waals surface area contributed by atoms with Gasteiger partial charge in [-0.1, -0.05) is 44.2 Å². The fourth-order valence-electron chi connectivity index (χ4n) is 3.07. The largest absolute Gasteiger partial charge is 0.493 e. The highest BCUT2D eigenvalue weighted by molar-refractivity contribution is 5.91. The van der Waals surface area contributed by atoms with Crippen molar-refractivity contribution in [3.8, 4) is 17.2 Å². The van der Waals surface area contributed by atoms with Crippen molar-refractivity contribution in [1.82, 2.24) is 5.43 Å². The second-order valence-electron chi connectivity index (χ2n) is 7.63. The van der Waals surface area contributed by atoms with Gasteiger partial charge in [-0.3, -0.25) is 4.79 Å². The molecule has 0 aromatic heterocycles. The summed E-state index contributed by atoms with van der Waals surface area (Å²) in [7, 11) is 1.48. The number of amides is 1. The Balaban J connectivity index is 1.51. The lowest BCUT2D eigenvalue weighted by Crippen LogP contribution is -2.24. The molecule has 0 fully saturated rings. The van der Waals surface area contributed by atoms with Crippen LogP contribution in [0.2, 0.25) is 0 Å². The van der Waals surface area contributed by atoms with Crippen molar-refractivity contribution in [3.05, 3.63) is 89.5 Å². The molecule has 7 heteroatoms. The van der Waals surface area contributed by atoms with Crippen molar-refractivity contribution in [1.29, 1.82) is 0 Å². The van der Waals surface area contributed by atoms with Crippen molar-refractivity contribution in [3.63, 3.8) is 0 Å². The molecule has 176 valence electrons. The minimum atomic E-state index is -0.484. The van der Waals surface area contributed by atoms with Crippen LogP contribution in [-0.4, -0.2) is 31.8 Å². The summed E-state index contributed by atoms with van der Waals surface area (Å²) in [5.41, 5.74) is 4.75. The number of methoxy groups -OCH3 is 1. The number of nitrogens with zero attached hydrogens (tertiary/aromatic N) is 1. The second-order valence-corrected chi connectivity index (χ2v) is 7.63. The smallest absolute Gasteiger partial charge is 0.343 e. The quantitative estimate of drug-likeness (QED) is 0.200. The lowest BCUT2D eigenvalue weighted by molar-refractivity contribution is -0.123. The van der Waals surface area contributed by atoms with E-state index in [4.69, 9.17) is 14.2 Å². The normalized spacial score (nSPS) is 11.6. The molecule has 3 aromatic carbocycles. The van der Waals surface area contributed by atoms with Crippen molar-refractivity contribution < 1.29 is 23.8 Å². The molecule has 0 spiro atoms. The maximum Gasteiger partial charge on any atom is 0.343 e. The van der Waals surface area contributed by atoms with Gasteiger partial charge in [0.2, 0.25) is 0 Å². The van der Waals surface area contributed by atoms with Crippen LogP contribution in [0.1, 0.15) is 47.7 Å². The summed E-state index contributed by atoms with van der Waals surface area (Å²) in [6.45, 7) is 4.16. The molecule has 1 atom stereocenters. The predicted octanol–water partition coefficient (Wildman–Crippen LogP) is 4.96. The monoisotopic (exact) mass is 460 g/mol. The molecule has 1 N–H and O–H groups in total. The van der Waals surface area contributed by atoms with Crippen LogP contribution in [0.3, 0.4) is 0 Å². The topological polar surface area (TPSA) is 86.2 Å². The van der Waals surface area contributed by atoms with Crippen molar-refractivity contribution >= 4 is 18.1 Å². The molecular weight excluding hydrogens is 432 g/mol. The first-order chi connectivity index (χ1) is 16.5. The molecular formula is C27H28N2O5. The molecule has 0 saturated heterocycles. The van der Waals surface area contributed by atoms with Crippen molar-refractivity contribution in [2.45, 2.75) is 26.2 Å². The molecule has 3 aromatic rings. The Bertz CT molecular complexity index is 1130. The van der Waals surface area contributed by atoms with Crippen LogP contribution in [0.15, 0.2) is 77.9 Å². The van der Waals surface area contributed by atoms with E-state index in [0.717, 1.165) is 6.42 Å². The molecule has 1 amide bonds. The fourth-order valence-corrected chi connectivity index (χ4v) is 3.07. The van der Waals surface area contributed by atoms with E-state index >= 15 is 0 Å². The fraction of sp³-hybridized carbons (Fsp3) is 0.222. The van der Waals surface area contributed by atoms with Gasteiger partial charge in [-0.15, -0.1) is 0 Å². The first-order valence-electron chi connectivity index (χ1n) is 11.0. The summed E-state index contributed by atoms with van der Waals surface area (Å²) >= 11 is 0. The van der Waals surface area contributed by atoms with Gasteiger partial charge in [-0.2, -0.15) is 5.10 Å². The summed E-state index contributed by atoms with van der Waals surface area (Å²) in [4.78, 5) is 24.3. The van der Waals surface area contributed by atoms with Gasteiger partial charge in [0.15, 0.2) is 18.1 Å². The number of hydrogen-bond donors (Lipinski definition) is 1. The molecule has 3 rings (SSSR count). The summed E-state index contributed by atoms with van der Waals surface area (Å²) in [5.74, 6) is 0.880. The van der Waals surface area contributed by atoms with Crippen LogP contribution >= 0.6 is 0 Å². The highest BCUT2D eigenvalue weighted by Gasteiger charge is 2.12. The standard InChI is InChI=1S/C27H28N2O5/c1-4-19(2)21-11-13-23(14-12-21)33-18-26(30)29-28-17-20-10-15-24(25(16-20)32-3)34-27(31)22-8-6-5-7-9-22/h5-17,19H,4,18H2,1-3H3,(H,29,30)/b28-17-. The van der Waals surface area contributed by atoms with Gasteiger partial charge in [-0.05, 0) is 65.9 Å². The lowest BCUT2D eigenvalue weighted by atomic mass is 9.99. The molecule has 1 unspecified atom stereocenters. The zero-order chi connectivity index (χ0) is 24.3. The zero-order valence-corrected chi connectivity index (χ0v) is 19.5. The van der Waals surface area contributed by atoms with E-state index in [-0.39, 0.29) is 18.3 Å². The van der Waals surface area contributed by atoms with E-state index in [2.05, 4.69) is 24.4 Å². The lowest BCUT2D eigenvalue weighted by Gasteiger charge is -2.10. The molecule has 0 radical (unpaired) electrons. The minimum absolute atomic E-state index is 0.155. The van der Waals surface area contributed by atoms with Gasteiger partial charge in [0, 0.05) is 0 Å². The molecule has 0 heterocycles. The number of esters is 1. The van der Waals surface area contributed by atoms with Crippen LogP contribution in [0.4, 0.5) is 0 Å². The average molecular weight is 461 g/mol. The molecule has 0 saturated carbocycles. The van der Waals surface area contributed by atoms with Crippen LogP contribution in [0.5, 0.6) is 17.2 Å². The van der Waals surface area contributed by atoms with Gasteiger partial charge in [0.1, 0.15) is 5.75 Å². The van der Waals surface area contributed by atoms with Gasteiger partial charge in [-0.25, -0.2) is 10.2 Å². The summed E-state index contributed by atoms with van der Waals surface area (Å²) in [6, 6.07) is 21.4. The Morgan fingerprint density at radius 2 is 1.74 bits per heavy atom. The number of benzene rings is 3. The van der Waals surface area contributed by atoms with E-state index in [9.17, 15) is 9.59 Å². The average Bonchev–Trinajstić information content (AvgIpc) is 2.88. The van der Waals surface area contributed by atoms with Crippen molar-refractivity contribution in [2.75, 3.05) is 13.7 Å². The van der Waals surface area contributed by atoms with Gasteiger partial charge >= 0.3 is 5.97 Å². The molecule has 7 nitrogen and oxygen atoms in total. The van der Waals surface area contributed by atoms with Crippen LogP contribution < -0.4 is 19.6 Å². The summed E-state index contributed by atoms with van der Waals surface area (Å²) in [5, 5.41) is 3.95. The number of ether oxygens (including phenoxy) is 3. The second kappa shape index (κ2) is 12.2. The van der Waals surface area contributed by atoms with E-state index < -0.39 is 5.97 Å². The number of carbonyl (C=O) groups is 2. The third-order valence-electron chi connectivity index (χ3n) is 5.23. The number of carbonyl (C=O) groups excluding carboxylic acids is 2. The van der Waals surface area contributed by atoms with Gasteiger partial charge in [0.05, 0.1) is 18.9 Å². The predicted molar refractivity (Wildman–Crippen MR) is 131 cm³/mol. The highest BCUT2D eigenvalue weighted by Crippen LogP contribution is 2.28. The van der Waals surface area contributed by atoms with Crippen LogP contribution in [0.25, 0.3) is 0 Å². The summed E-state index contributed by atoms with van der Waals surface area (Å²) < 4.78 is 16.3. The number of hydrogen-bond acceptors (Lipinski definition) is 6. The maximum atomic E-state index is 12.3. The zero-order valence-electron chi connectivity index (χ0n) is 19.5. The SMILES string of the molecule is CCC(C)c1ccc(OCC(=O)N/N=C\c2ccc(OC(=O)c3ccccc3)c(OC)c2)cc1. The molecule has 34 heavy (non-hydrogen) atoms. The van der Waals surface area contributed by atoms with Gasteiger partial charge < -0.3 is 14.2 Å². The van der Waals surface area contributed by atoms with E-state index in [0.29, 0.717) is 28.5 Å². The Morgan fingerprint density at radius 1 is 1.00 bits per heavy atom. The Labute approximate surface area is 199 Å². The van der Waals surface area contributed by atoms with E-state index in [1.165, 1.54) is 18.9 Å². The minimum Gasteiger partial charge on any atom is -0.493 e. The molecule has 0 aliphatic heterocycles. The third-order valence-corrected chi connectivity index (χ3v) is 5.23. The molecule has 0 bridgehead atoms. The summed E-state index contributed by atoms with van der Waals surface area (Å²) in [6.07, 6.45) is 2.53. The number of rotatable bonds is 10. The molecule has 0 aliphatic carbocycles. The number of hydrazone groups is 1. The third kappa shape index (κ3) is 6.93.